The van der Waals surface area contributed by atoms with Crippen LogP contribution in [0.5, 0.6) is 0 Å². The van der Waals surface area contributed by atoms with Crippen LogP contribution in [0.4, 0.5) is 22.7 Å². The van der Waals surface area contributed by atoms with E-state index in [2.05, 4.69) is 157 Å². The number of nitrogens with zero attached hydrogens (tertiary/aromatic N) is 2. The normalized spacial score (nSPS) is 15.9. The molecule has 0 unspecified atom stereocenters. The first-order valence-electron chi connectivity index (χ1n) is 14.3. The van der Waals surface area contributed by atoms with Crippen LogP contribution < -0.4 is 20.6 Å². The highest BCUT2D eigenvalue weighted by Crippen LogP contribution is 2.55. The van der Waals surface area contributed by atoms with E-state index in [1.165, 1.54) is 55.9 Å². The van der Waals surface area contributed by atoms with Gasteiger partial charge in [-0.3, -0.25) is 0 Å². The first-order valence-corrected chi connectivity index (χ1v) is 14.3. The molecule has 0 amide bonds. The minimum atomic E-state index is -0.131. The molecule has 2 heterocycles. The van der Waals surface area contributed by atoms with Gasteiger partial charge in [-0.15, -0.1) is 0 Å². The van der Waals surface area contributed by atoms with E-state index in [9.17, 15) is 0 Å². The van der Waals surface area contributed by atoms with E-state index in [1.807, 2.05) is 0 Å². The topological polar surface area (TPSA) is 6.48 Å². The quantitative estimate of drug-likeness (QED) is 0.239. The highest BCUT2D eigenvalue weighted by atomic mass is 15.2. The summed E-state index contributed by atoms with van der Waals surface area (Å²) in [6.45, 7) is 19.0. The molecule has 4 aromatic carbocycles. The summed E-state index contributed by atoms with van der Waals surface area (Å²) >= 11 is 0. The lowest BCUT2D eigenvalue weighted by Crippen LogP contribution is -2.61. The molecule has 0 fully saturated rings. The van der Waals surface area contributed by atoms with Crippen molar-refractivity contribution in [3.63, 3.8) is 0 Å². The van der Waals surface area contributed by atoms with Gasteiger partial charge >= 0.3 is 6.85 Å². The number of rotatable bonds is 1. The molecule has 0 atom stereocenters. The molecule has 0 aromatic heterocycles. The molecular formula is C36H41BN2. The third-order valence-corrected chi connectivity index (χ3v) is 8.96. The zero-order valence-electron chi connectivity index (χ0n) is 25.1. The molecule has 2 nitrogen and oxygen atoms in total. The van der Waals surface area contributed by atoms with Crippen LogP contribution in [-0.4, -0.2) is 13.9 Å². The minimum Gasteiger partial charge on any atom is -0.376 e. The van der Waals surface area contributed by atoms with Crippen molar-refractivity contribution < 1.29 is 0 Å². The predicted molar refractivity (Wildman–Crippen MR) is 171 cm³/mol. The summed E-state index contributed by atoms with van der Waals surface area (Å²) < 4.78 is 0. The summed E-state index contributed by atoms with van der Waals surface area (Å²) in [5, 5.41) is 0. The molecule has 3 heteroatoms. The molecule has 39 heavy (non-hydrogen) atoms. The van der Waals surface area contributed by atoms with Gasteiger partial charge in [0.05, 0.1) is 0 Å². The second kappa shape index (κ2) is 8.52. The third-order valence-electron chi connectivity index (χ3n) is 8.96. The van der Waals surface area contributed by atoms with Gasteiger partial charge < -0.3 is 9.71 Å². The maximum atomic E-state index is 2.74. The molecule has 0 bridgehead atoms. The van der Waals surface area contributed by atoms with Gasteiger partial charge in [-0.1, -0.05) is 128 Å². The van der Waals surface area contributed by atoms with Crippen molar-refractivity contribution in [3.8, 4) is 0 Å². The zero-order valence-corrected chi connectivity index (χ0v) is 25.1. The molecule has 198 valence electrons. The standard InChI is InChI=1S/C36H41BN2/c1-34(2,3)24-16-14-18-26-32(24)39(33-25(35(4,5)6)17-15-19-27(33)36(26,7)8)37-28-20-10-12-22-30(28)38(9)31-23-13-11-21-29(31)37/h10-23H,1-9H3. The Labute approximate surface area is 235 Å². The Morgan fingerprint density at radius 2 is 0.974 bits per heavy atom. The van der Waals surface area contributed by atoms with Crippen LogP contribution in [0.25, 0.3) is 0 Å². The Hall–Kier alpha value is -3.46. The van der Waals surface area contributed by atoms with Gasteiger partial charge in [0.15, 0.2) is 0 Å². The van der Waals surface area contributed by atoms with Crippen LogP contribution in [-0.2, 0) is 16.2 Å². The van der Waals surface area contributed by atoms with Gasteiger partial charge in [0.25, 0.3) is 0 Å². The van der Waals surface area contributed by atoms with E-state index in [1.54, 1.807) is 0 Å². The molecule has 0 spiro atoms. The molecule has 0 saturated heterocycles. The van der Waals surface area contributed by atoms with E-state index < -0.39 is 0 Å². The lowest BCUT2D eigenvalue weighted by atomic mass is 9.45. The number of anilines is 4. The molecule has 6 rings (SSSR count). The molecule has 0 N–H and O–H groups in total. The number of hydrogen-bond donors (Lipinski definition) is 0. The highest BCUT2D eigenvalue weighted by molar-refractivity contribution is 6.92. The number of para-hydroxylation sites is 4. The van der Waals surface area contributed by atoms with Crippen LogP contribution in [0.1, 0.15) is 77.6 Å². The number of fused-ring (bicyclic) bond motifs is 4. The van der Waals surface area contributed by atoms with Crippen LogP contribution in [0.15, 0.2) is 84.9 Å². The lowest BCUT2D eigenvalue weighted by molar-refractivity contribution is 0.569. The van der Waals surface area contributed by atoms with Gasteiger partial charge in [-0.05, 0) is 56.1 Å². The molecule has 0 aliphatic carbocycles. The highest BCUT2D eigenvalue weighted by Gasteiger charge is 2.47. The molecule has 2 aliphatic heterocycles. The van der Waals surface area contributed by atoms with Gasteiger partial charge in [0.2, 0.25) is 0 Å². The van der Waals surface area contributed by atoms with E-state index in [4.69, 9.17) is 0 Å². The van der Waals surface area contributed by atoms with Crippen molar-refractivity contribution in [2.45, 2.75) is 71.6 Å². The van der Waals surface area contributed by atoms with Crippen molar-refractivity contribution in [2.24, 2.45) is 0 Å². The second-order valence-electron chi connectivity index (χ2n) is 14.0. The summed E-state index contributed by atoms with van der Waals surface area (Å²) in [5.41, 5.74) is 13.4. The van der Waals surface area contributed by atoms with Crippen molar-refractivity contribution in [3.05, 3.63) is 107 Å². The first kappa shape index (κ1) is 25.8. The van der Waals surface area contributed by atoms with E-state index >= 15 is 0 Å². The fourth-order valence-electron chi connectivity index (χ4n) is 6.96. The van der Waals surface area contributed by atoms with Gasteiger partial charge in [0.1, 0.15) is 0 Å². The molecule has 0 radical (unpaired) electrons. The molecule has 4 aromatic rings. The fraction of sp³-hybridized carbons (Fsp3) is 0.333. The smallest absolute Gasteiger partial charge is 0.332 e. The third kappa shape index (κ3) is 3.77. The van der Waals surface area contributed by atoms with Crippen molar-refractivity contribution in [2.75, 3.05) is 16.8 Å². The SMILES string of the molecule is CN1c2ccccc2B(N2c3c(C(C)(C)C)cccc3C(C)(C)c3cccc(C(C)(C)C)c32)c2ccccc21. The first-order chi connectivity index (χ1) is 18.3. The average molecular weight is 513 g/mol. The number of hydrogen-bond acceptors (Lipinski definition) is 2. The summed E-state index contributed by atoms with van der Waals surface area (Å²) in [6, 6.07) is 32.0. The largest absolute Gasteiger partial charge is 0.376 e. The Morgan fingerprint density at radius 1 is 0.564 bits per heavy atom. The summed E-state index contributed by atoms with van der Waals surface area (Å²) in [4.78, 5) is 5.10. The minimum absolute atomic E-state index is 0.0155. The average Bonchev–Trinajstić information content (AvgIpc) is 2.89. The van der Waals surface area contributed by atoms with Crippen LogP contribution in [0.3, 0.4) is 0 Å². The maximum absolute atomic E-state index is 2.74. The lowest BCUT2D eigenvalue weighted by Gasteiger charge is -2.50. The molecular weight excluding hydrogens is 471 g/mol. The van der Waals surface area contributed by atoms with Crippen LogP contribution in [0.2, 0.25) is 0 Å². The summed E-state index contributed by atoms with van der Waals surface area (Å²) in [5.74, 6) is 0. The van der Waals surface area contributed by atoms with E-state index in [-0.39, 0.29) is 23.1 Å². The van der Waals surface area contributed by atoms with E-state index in [0.29, 0.717) is 0 Å². The second-order valence-corrected chi connectivity index (χ2v) is 14.0. The Morgan fingerprint density at radius 3 is 1.38 bits per heavy atom. The molecule has 2 aliphatic rings. The Balaban J connectivity index is 1.81. The fourth-order valence-corrected chi connectivity index (χ4v) is 6.96. The van der Waals surface area contributed by atoms with E-state index in [0.717, 1.165) is 0 Å². The van der Waals surface area contributed by atoms with Crippen LogP contribution in [0, 0.1) is 0 Å². The van der Waals surface area contributed by atoms with Crippen LogP contribution >= 0.6 is 0 Å². The van der Waals surface area contributed by atoms with Gasteiger partial charge in [-0.2, -0.15) is 0 Å². The zero-order chi connectivity index (χ0) is 27.9. The molecule has 0 saturated carbocycles. The van der Waals surface area contributed by atoms with Crippen molar-refractivity contribution in [1.82, 2.24) is 0 Å². The predicted octanol–water partition coefficient (Wildman–Crippen LogP) is 7.95. The Kier molecular flexibility index (Phi) is 5.64. The maximum Gasteiger partial charge on any atom is 0.332 e. The number of benzene rings is 4. The van der Waals surface area contributed by atoms with Crippen molar-refractivity contribution in [1.29, 1.82) is 0 Å². The van der Waals surface area contributed by atoms with Gasteiger partial charge in [0, 0.05) is 35.2 Å². The van der Waals surface area contributed by atoms with Crippen molar-refractivity contribution >= 4 is 40.5 Å². The Bertz CT molecular complexity index is 1470. The monoisotopic (exact) mass is 512 g/mol. The van der Waals surface area contributed by atoms with Gasteiger partial charge in [-0.25, -0.2) is 0 Å². The summed E-state index contributed by atoms with van der Waals surface area (Å²) in [7, 11) is 2.20. The summed E-state index contributed by atoms with van der Waals surface area (Å²) in [6.07, 6.45) is 0.